The Kier molecular flexibility index (Phi) is 10.9. The van der Waals surface area contributed by atoms with Gasteiger partial charge in [0.25, 0.3) is 0 Å². The van der Waals surface area contributed by atoms with Crippen LogP contribution < -0.4 is 0 Å². The summed E-state index contributed by atoms with van der Waals surface area (Å²) in [6.45, 7) is 3.15. The van der Waals surface area contributed by atoms with E-state index in [1.54, 1.807) is 7.11 Å². The molecule has 0 N–H and O–H groups in total. The fraction of sp³-hybridized carbons (Fsp3) is 0.625. The van der Waals surface area contributed by atoms with E-state index in [0.29, 0.717) is 44.8 Å². The van der Waals surface area contributed by atoms with Crippen molar-refractivity contribution in [1.29, 1.82) is 0 Å². The van der Waals surface area contributed by atoms with E-state index in [9.17, 15) is 0 Å². The second kappa shape index (κ2) is 12.2. The molecule has 0 fully saturated rings. The molecule has 1 aromatic carbocycles. The number of benzene rings is 1. The standard InChI is InChI=1S/C16H24Cl2O3/c1-19-8-9-21-11-10-20-7-6-15(13-17)12-14-2-4-16(18)5-3-14/h2-5,15H,6-13H2,1H3. The van der Waals surface area contributed by atoms with Crippen LogP contribution in [0.5, 0.6) is 0 Å². The summed E-state index contributed by atoms with van der Waals surface area (Å²) in [7, 11) is 1.66. The molecular formula is C16H24Cl2O3. The average molecular weight is 335 g/mol. The van der Waals surface area contributed by atoms with Gasteiger partial charge in [0, 0.05) is 24.6 Å². The van der Waals surface area contributed by atoms with Gasteiger partial charge in [0.05, 0.1) is 26.4 Å². The van der Waals surface area contributed by atoms with Crippen LogP contribution in [0.1, 0.15) is 12.0 Å². The average Bonchev–Trinajstić information content (AvgIpc) is 2.50. The number of hydrogen-bond donors (Lipinski definition) is 0. The van der Waals surface area contributed by atoms with Gasteiger partial charge in [-0.25, -0.2) is 0 Å². The highest BCUT2D eigenvalue weighted by Crippen LogP contribution is 2.16. The van der Waals surface area contributed by atoms with Gasteiger partial charge in [0.1, 0.15) is 0 Å². The maximum Gasteiger partial charge on any atom is 0.0701 e. The zero-order valence-electron chi connectivity index (χ0n) is 12.5. The number of methoxy groups -OCH3 is 1. The van der Waals surface area contributed by atoms with Crippen LogP contribution in [0, 0.1) is 5.92 Å². The van der Waals surface area contributed by atoms with Gasteiger partial charge in [-0.2, -0.15) is 0 Å². The molecule has 3 nitrogen and oxygen atoms in total. The van der Waals surface area contributed by atoms with Crippen LogP contribution in [-0.2, 0) is 20.6 Å². The minimum atomic E-state index is 0.419. The third kappa shape index (κ3) is 9.33. The summed E-state index contributed by atoms with van der Waals surface area (Å²) in [4.78, 5) is 0. The van der Waals surface area contributed by atoms with E-state index in [4.69, 9.17) is 37.4 Å². The van der Waals surface area contributed by atoms with E-state index in [2.05, 4.69) is 0 Å². The molecule has 5 heteroatoms. The van der Waals surface area contributed by atoms with Gasteiger partial charge < -0.3 is 14.2 Å². The van der Waals surface area contributed by atoms with Gasteiger partial charge in [-0.1, -0.05) is 23.7 Å². The summed E-state index contributed by atoms with van der Waals surface area (Å²) in [5.41, 5.74) is 1.26. The van der Waals surface area contributed by atoms with Crippen LogP contribution in [0.2, 0.25) is 5.02 Å². The summed E-state index contributed by atoms with van der Waals surface area (Å²) < 4.78 is 15.8. The highest BCUT2D eigenvalue weighted by atomic mass is 35.5. The SMILES string of the molecule is COCCOCCOCCC(CCl)Cc1ccc(Cl)cc1. The van der Waals surface area contributed by atoms with E-state index < -0.39 is 0 Å². The maximum atomic E-state index is 6.03. The predicted octanol–water partition coefficient (Wildman–Crippen LogP) is 3.81. The summed E-state index contributed by atoms with van der Waals surface area (Å²) in [5.74, 6) is 1.05. The van der Waals surface area contributed by atoms with Crippen molar-refractivity contribution in [3.63, 3.8) is 0 Å². The van der Waals surface area contributed by atoms with E-state index >= 15 is 0 Å². The molecule has 0 saturated heterocycles. The minimum absolute atomic E-state index is 0.419. The molecule has 0 aliphatic carbocycles. The lowest BCUT2D eigenvalue weighted by Gasteiger charge is -2.14. The van der Waals surface area contributed by atoms with Crippen molar-refractivity contribution < 1.29 is 14.2 Å². The molecule has 0 heterocycles. The zero-order chi connectivity index (χ0) is 15.3. The number of halogens is 2. The number of rotatable bonds is 12. The molecule has 0 bridgehead atoms. The Morgan fingerprint density at radius 3 is 2.19 bits per heavy atom. The molecule has 21 heavy (non-hydrogen) atoms. The van der Waals surface area contributed by atoms with Crippen molar-refractivity contribution in [1.82, 2.24) is 0 Å². The van der Waals surface area contributed by atoms with E-state index in [1.807, 2.05) is 24.3 Å². The fourth-order valence-electron chi connectivity index (χ4n) is 1.90. The third-order valence-corrected chi connectivity index (χ3v) is 3.82. The molecule has 0 aromatic heterocycles. The largest absolute Gasteiger partial charge is 0.382 e. The minimum Gasteiger partial charge on any atom is -0.382 e. The monoisotopic (exact) mass is 334 g/mol. The van der Waals surface area contributed by atoms with Crippen LogP contribution in [0.15, 0.2) is 24.3 Å². The lowest BCUT2D eigenvalue weighted by molar-refractivity contribution is 0.0223. The molecule has 0 aliphatic rings. The Labute approximate surface area is 137 Å². The normalized spacial score (nSPS) is 12.5. The maximum absolute atomic E-state index is 6.03. The molecule has 0 amide bonds. The lowest BCUT2D eigenvalue weighted by Crippen LogP contribution is -2.13. The molecule has 0 saturated carbocycles. The molecule has 120 valence electrons. The Bertz CT molecular complexity index is 357. The van der Waals surface area contributed by atoms with Crippen LogP contribution >= 0.6 is 23.2 Å². The van der Waals surface area contributed by atoms with Crippen molar-refractivity contribution in [2.24, 2.45) is 5.92 Å². The first-order valence-electron chi connectivity index (χ1n) is 7.21. The van der Waals surface area contributed by atoms with Crippen molar-refractivity contribution in [3.05, 3.63) is 34.9 Å². The van der Waals surface area contributed by atoms with Crippen LogP contribution in [0.3, 0.4) is 0 Å². The van der Waals surface area contributed by atoms with Gasteiger partial charge in [0.2, 0.25) is 0 Å². The first-order chi connectivity index (χ1) is 10.3. The number of alkyl halides is 1. The van der Waals surface area contributed by atoms with Crippen LogP contribution in [0.25, 0.3) is 0 Å². The molecule has 0 radical (unpaired) electrons. The first kappa shape index (κ1) is 18.7. The molecule has 1 atom stereocenters. The van der Waals surface area contributed by atoms with Crippen molar-refractivity contribution in [2.75, 3.05) is 46.0 Å². The lowest BCUT2D eigenvalue weighted by atomic mass is 9.98. The summed E-state index contributed by atoms with van der Waals surface area (Å²) >= 11 is 11.9. The predicted molar refractivity (Wildman–Crippen MR) is 87.5 cm³/mol. The first-order valence-corrected chi connectivity index (χ1v) is 8.12. The molecule has 1 unspecified atom stereocenters. The summed E-state index contributed by atoms with van der Waals surface area (Å²) in [5, 5.41) is 0.762. The second-order valence-electron chi connectivity index (χ2n) is 4.86. The Balaban J connectivity index is 2.09. The summed E-state index contributed by atoms with van der Waals surface area (Å²) in [6, 6.07) is 7.92. The quantitative estimate of drug-likeness (QED) is 0.429. The van der Waals surface area contributed by atoms with Gasteiger partial charge >= 0.3 is 0 Å². The smallest absolute Gasteiger partial charge is 0.0701 e. The second-order valence-corrected chi connectivity index (χ2v) is 5.60. The Morgan fingerprint density at radius 1 is 0.952 bits per heavy atom. The third-order valence-electron chi connectivity index (χ3n) is 3.13. The summed E-state index contributed by atoms with van der Waals surface area (Å²) in [6.07, 6.45) is 1.90. The highest BCUT2D eigenvalue weighted by molar-refractivity contribution is 6.30. The van der Waals surface area contributed by atoms with E-state index in [1.165, 1.54) is 5.56 Å². The topological polar surface area (TPSA) is 27.7 Å². The molecule has 0 spiro atoms. The van der Waals surface area contributed by atoms with Crippen molar-refractivity contribution >= 4 is 23.2 Å². The highest BCUT2D eigenvalue weighted by Gasteiger charge is 2.08. The molecule has 1 aromatic rings. The van der Waals surface area contributed by atoms with E-state index in [-0.39, 0.29) is 0 Å². The molecular weight excluding hydrogens is 311 g/mol. The van der Waals surface area contributed by atoms with Gasteiger partial charge in [-0.3, -0.25) is 0 Å². The van der Waals surface area contributed by atoms with Gasteiger partial charge in [-0.15, -0.1) is 11.6 Å². The van der Waals surface area contributed by atoms with E-state index in [0.717, 1.165) is 17.9 Å². The van der Waals surface area contributed by atoms with Gasteiger partial charge in [-0.05, 0) is 36.5 Å². The Morgan fingerprint density at radius 2 is 1.57 bits per heavy atom. The Hall–Kier alpha value is -0.320. The number of hydrogen-bond acceptors (Lipinski definition) is 3. The van der Waals surface area contributed by atoms with Gasteiger partial charge in [0.15, 0.2) is 0 Å². The van der Waals surface area contributed by atoms with Crippen molar-refractivity contribution in [2.45, 2.75) is 12.8 Å². The van der Waals surface area contributed by atoms with Crippen molar-refractivity contribution in [3.8, 4) is 0 Å². The zero-order valence-corrected chi connectivity index (χ0v) is 14.0. The van der Waals surface area contributed by atoms with Crippen LogP contribution in [0.4, 0.5) is 0 Å². The molecule has 0 aliphatic heterocycles. The fourth-order valence-corrected chi connectivity index (χ4v) is 2.29. The number of ether oxygens (including phenoxy) is 3. The molecule has 1 rings (SSSR count). The van der Waals surface area contributed by atoms with Crippen LogP contribution in [-0.4, -0.2) is 46.0 Å².